The molecule has 1 N–H and O–H groups in total. The third-order valence-corrected chi connectivity index (χ3v) is 2.78. The standard InChI is InChI=1S/C14H14O/c1-10-4-3-5-14(11(10)2)12-6-8-13(15)9-7-12/h3-9,15H,1-2H3. The molecule has 0 aliphatic carbocycles. The fourth-order valence-electron chi connectivity index (χ4n) is 1.70. The van der Waals surface area contributed by atoms with Gasteiger partial charge in [0.25, 0.3) is 0 Å². The molecule has 0 saturated carbocycles. The van der Waals surface area contributed by atoms with Crippen molar-refractivity contribution in [3.8, 4) is 16.9 Å². The summed E-state index contributed by atoms with van der Waals surface area (Å²) in [6.07, 6.45) is 0. The van der Waals surface area contributed by atoms with E-state index in [0.29, 0.717) is 5.75 Å². The Morgan fingerprint density at radius 1 is 0.867 bits per heavy atom. The van der Waals surface area contributed by atoms with Crippen molar-refractivity contribution in [1.82, 2.24) is 0 Å². The summed E-state index contributed by atoms with van der Waals surface area (Å²) in [5.41, 5.74) is 4.97. The van der Waals surface area contributed by atoms with Gasteiger partial charge in [-0.3, -0.25) is 0 Å². The van der Waals surface area contributed by atoms with Crippen molar-refractivity contribution in [2.45, 2.75) is 13.8 Å². The molecule has 2 aromatic carbocycles. The van der Waals surface area contributed by atoms with Crippen molar-refractivity contribution in [2.24, 2.45) is 0 Å². The van der Waals surface area contributed by atoms with E-state index in [1.807, 2.05) is 12.1 Å². The number of hydrogen-bond donors (Lipinski definition) is 1. The highest BCUT2D eigenvalue weighted by atomic mass is 16.3. The highest BCUT2D eigenvalue weighted by Gasteiger charge is 2.02. The maximum absolute atomic E-state index is 9.23. The third-order valence-electron chi connectivity index (χ3n) is 2.78. The molecule has 0 saturated heterocycles. The maximum Gasteiger partial charge on any atom is 0.115 e. The van der Waals surface area contributed by atoms with E-state index >= 15 is 0 Å². The van der Waals surface area contributed by atoms with Gasteiger partial charge in [-0.2, -0.15) is 0 Å². The van der Waals surface area contributed by atoms with Crippen LogP contribution in [0.1, 0.15) is 11.1 Å². The first-order valence-corrected chi connectivity index (χ1v) is 5.04. The van der Waals surface area contributed by atoms with Gasteiger partial charge >= 0.3 is 0 Å². The summed E-state index contributed by atoms with van der Waals surface area (Å²) in [4.78, 5) is 0. The van der Waals surface area contributed by atoms with Crippen molar-refractivity contribution in [2.75, 3.05) is 0 Å². The molecule has 0 spiro atoms. The van der Waals surface area contributed by atoms with Gasteiger partial charge in [0.1, 0.15) is 5.75 Å². The van der Waals surface area contributed by atoms with Crippen molar-refractivity contribution < 1.29 is 5.11 Å². The molecule has 15 heavy (non-hydrogen) atoms. The van der Waals surface area contributed by atoms with Crippen LogP contribution in [0.3, 0.4) is 0 Å². The molecular weight excluding hydrogens is 184 g/mol. The van der Waals surface area contributed by atoms with E-state index < -0.39 is 0 Å². The lowest BCUT2D eigenvalue weighted by atomic mass is 9.97. The Morgan fingerprint density at radius 2 is 1.53 bits per heavy atom. The summed E-state index contributed by atoms with van der Waals surface area (Å²) < 4.78 is 0. The Kier molecular flexibility index (Phi) is 2.46. The normalized spacial score (nSPS) is 10.3. The second kappa shape index (κ2) is 3.77. The summed E-state index contributed by atoms with van der Waals surface area (Å²) in [7, 11) is 0. The van der Waals surface area contributed by atoms with E-state index in [1.165, 1.54) is 16.7 Å². The minimum absolute atomic E-state index is 0.309. The Labute approximate surface area is 90.0 Å². The predicted molar refractivity (Wildman–Crippen MR) is 63.0 cm³/mol. The number of aromatic hydroxyl groups is 1. The van der Waals surface area contributed by atoms with E-state index in [4.69, 9.17) is 0 Å². The smallest absolute Gasteiger partial charge is 0.115 e. The summed E-state index contributed by atoms with van der Waals surface area (Å²) >= 11 is 0. The van der Waals surface area contributed by atoms with Gasteiger partial charge in [-0.15, -0.1) is 0 Å². The molecule has 0 bridgehead atoms. The molecule has 76 valence electrons. The van der Waals surface area contributed by atoms with E-state index in [1.54, 1.807) is 12.1 Å². The first-order valence-electron chi connectivity index (χ1n) is 5.04. The fourth-order valence-corrected chi connectivity index (χ4v) is 1.70. The number of phenolic OH excluding ortho intramolecular Hbond substituents is 1. The minimum Gasteiger partial charge on any atom is -0.508 e. The largest absolute Gasteiger partial charge is 0.508 e. The van der Waals surface area contributed by atoms with E-state index in [9.17, 15) is 5.11 Å². The first kappa shape index (κ1) is 9.78. The fraction of sp³-hybridized carbons (Fsp3) is 0.143. The molecule has 1 nitrogen and oxygen atoms in total. The van der Waals surface area contributed by atoms with Gasteiger partial charge < -0.3 is 5.11 Å². The molecule has 1 heteroatoms. The van der Waals surface area contributed by atoms with Crippen LogP contribution in [0.15, 0.2) is 42.5 Å². The average Bonchev–Trinajstić information content (AvgIpc) is 2.24. The van der Waals surface area contributed by atoms with Crippen LogP contribution in [-0.4, -0.2) is 5.11 Å². The lowest BCUT2D eigenvalue weighted by Gasteiger charge is -2.08. The van der Waals surface area contributed by atoms with Crippen LogP contribution >= 0.6 is 0 Å². The Bertz CT molecular complexity index is 469. The Morgan fingerprint density at radius 3 is 2.20 bits per heavy atom. The van der Waals surface area contributed by atoms with E-state index in [0.717, 1.165) is 5.56 Å². The zero-order valence-electron chi connectivity index (χ0n) is 8.99. The zero-order chi connectivity index (χ0) is 10.8. The summed E-state index contributed by atoms with van der Waals surface area (Å²) in [6, 6.07) is 13.6. The molecule has 2 aromatic rings. The monoisotopic (exact) mass is 198 g/mol. The highest BCUT2D eigenvalue weighted by Crippen LogP contribution is 2.26. The second-order valence-corrected chi connectivity index (χ2v) is 3.79. The Balaban J connectivity index is 2.54. The lowest BCUT2D eigenvalue weighted by Crippen LogP contribution is -1.86. The van der Waals surface area contributed by atoms with Gasteiger partial charge in [0.05, 0.1) is 0 Å². The SMILES string of the molecule is Cc1cccc(-c2ccc(O)cc2)c1C. The summed E-state index contributed by atoms with van der Waals surface area (Å²) in [5.74, 6) is 0.309. The van der Waals surface area contributed by atoms with Gasteiger partial charge in [-0.25, -0.2) is 0 Å². The molecule has 0 radical (unpaired) electrons. The molecule has 0 aromatic heterocycles. The molecule has 0 aliphatic rings. The van der Waals surface area contributed by atoms with Crippen molar-refractivity contribution in [1.29, 1.82) is 0 Å². The number of hydrogen-bond acceptors (Lipinski definition) is 1. The minimum atomic E-state index is 0.309. The molecule has 2 rings (SSSR count). The molecule has 0 aliphatic heterocycles. The number of phenols is 1. The van der Waals surface area contributed by atoms with E-state index in [2.05, 4.69) is 32.0 Å². The van der Waals surface area contributed by atoms with Crippen LogP contribution in [0, 0.1) is 13.8 Å². The van der Waals surface area contributed by atoms with Crippen LogP contribution in [0.5, 0.6) is 5.75 Å². The lowest BCUT2D eigenvalue weighted by molar-refractivity contribution is 0.475. The molecule has 0 amide bonds. The van der Waals surface area contributed by atoms with Gasteiger partial charge in [0.2, 0.25) is 0 Å². The first-order chi connectivity index (χ1) is 7.18. The third kappa shape index (κ3) is 1.86. The summed E-state index contributed by atoms with van der Waals surface area (Å²) in [6.45, 7) is 4.23. The average molecular weight is 198 g/mol. The molecule has 0 heterocycles. The highest BCUT2D eigenvalue weighted by molar-refractivity contribution is 5.68. The van der Waals surface area contributed by atoms with Crippen LogP contribution in [0.2, 0.25) is 0 Å². The number of benzene rings is 2. The topological polar surface area (TPSA) is 20.2 Å². The Hall–Kier alpha value is -1.76. The molecule has 0 atom stereocenters. The van der Waals surface area contributed by atoms with Gasteiger partial charge in [-0.05, 0) is 48.2 Å². The van der Waals surface area contributed by atoms with E-state index in [-0.39, 0.29) is 0 Å². The quantitative estimate of drug-likeness (QED) is 0.741. The predicted octanol–water partition coefficient (Wildman–Crippen LogP) is 3.68. The van der Waals surface area contributed by atoms with Crippen molar-refractivity contribution >= 4 is 0 Å². The summed E-state index contributed by atoms with van der Waals surface area (Å²) in [5, 5.41) is 9.23. The van der Waals surface area contributed by atoms with Crippen LogP contribution in [-0.2, 0) is 0 Å². The van der Waals surface area contributed by atoms with Gasteiger partial charge in [0, 0.05) is 0 Å². The zero-order valence-corrected chi connectivity index (χ0v) is 8.99. The number of rotatable bonds is 1. The van der Waals surface area contributed by atoms with Crippen molar-refractivity contribution in [3.05, 3.63) is 53.6 Å². The molecular formula is C14H14O. The van der Waals surface area contributed by atoms with Crippen molar-refractivity contribution in [3.63, 3.8) is 0 Å². The number of aryl methyl sites for hydroxylation is 1. The molecule has 0 fully saturated rings. The maximum atomic E-state index is 9.23. The van der Waals surface area contributed by atoms with Crippen LogP contribution in [0.25, 0.3) is 11.1 Å². The van der Waals surface area contributed by atoms with Gasteiger partial charge in [0.15, 0.2) is 0 Å². The van der Waals surface area contributed by atoms with Crippen LogP contribution < -0.4 is 0 Å². The van der Waals surface area contributed by atoms with Gasteiger partial charge in [-0.1, -0.05) is 30.3 Å². The van der Waals surface area contributed by atoms with Crippen LogP contribution in [0.4, 0.5) is 0 Å². The molecule has 0 unspecified atom stereocenters. The second-order valence-electron chi connectivity index (χ2n) is 3.79.